The summed E-state index contributed by atoms with van der Waals surface area (Å²) in [5.74, 6) is 2.68. The summed E-state index contributed by atoms with van der Waals surface area (Å²) in [6, 6.07) is 6.33. The van der Waals surface area contributed by atoms with Crippen molar-refractivity contribution in [2.75, 3.05) is 6.61 Å². The van der Waals surface area contributed by atoms with Crippen molar-refractivity contribution in [3.63, 3.8) is 0 Å². The Kier molecular flexibility index (Phi) is 4.68. The molecule has 0 atom stereocenters. The smallest absolute Gasteiger partial charge is 0.332 e. The molecule has 4 aromatic rings. The van der Waals surface area contributed by atoms with Crippen molar-refractivity contribution in [2.24, 2.45) is 31.8 Å². The molecule has 9 heteroatoms. The lowest BCUT2D eigenvalue weighted by Crippen LogP contribution is -2.52. The zero-order chi connectivity index (χ0) is 24.8. The van der Waals surface area contributed by atoms with Crippen LogP contribution in [0.4, 0.5) is 4.39 Å². The van der Waals surface area contributed by atoms with Crippen molar-refractivity contribution < 1.29 is 9.13 Å². The fraction of sp³-hybridized carbons (Fsp3) is 0.519. The van der Waals surface area contributed by atoms with Crippen molar-refractivity contribution in [3.8, 4) is 11.3 Å². The van der Waals surface area contributed by atoms with E-state index in [4.69, 9.17) is 9.72 Å². The Bertz CT molecular complexity index is 1590. The number of nitrogens with zero attached hydrogens (tertiary/aromatic N) is 5. The van der Waals surface area contributed by atoms with Gasteiger partial charge in [0.2, 0.25) is 5.78 Å². The number of imidazole rings is 2. The predicted octanol–water partition coefficient (Wildman–Crippen LogP) is 3.48. The fourth-order valence-electron chi connectivity index (χ4n) is 7.65. The van der Waals surface area contributed by atoms with E-state index in [1.54, 1.807) is 23.6 Å². The van der Waals surface area contributed by atoms with Crippen LogP contribution >= 0.6 is 0 Å². The lowest BCUT2D eigenvalue weighted by atomic mass is 9.54. The molecule has 0 radical (unpaired) electrons. The van der Waals surface area contributed by atoms with Crippen molar-refractivity contribution in [1.29, 1.82) is 0 Å². The molecule has 0 spiro atoms. The highest BCUT2D eigenvalue weighted by Crippen LogP contribution is 2.57. The normalized spacial score (nSPS) is 27.0. The Morgan fingerprint density at radius 3 is 2.28 bits per heavy atom. The monoisotopic (exact) mass is 491 g/mol. The van der Waals surface area contributed by atoms with Crippen LogP contribution in [0.3, 0.4) is 0 Å². The van der Waals surface area contributed by atoms with Crippen LogP contribution in [0.15, 0.2) is 40.1 Å². The number of ether oxygens (including phenoxy) is 1. The van der Waals surface area contributed by atoms with E-state index in [0.29, 0.717) is 30.1 Å². The molecule has 0 saturated heterocycles. The maximum atomic E-state index is 13.7. The van der Waals surface area contributed by atoms with E-state index < -0.39 is 11.2 Å². The molecule has 36 heavy (non-hydrogen) atoms. The Balaban J connectivity index is 1.30. The highest BCUT2D eigenvalue weighted by molar-refractivity contribution is 5.78. The summed E-state index contributed by atoms with van der Waals surface area (Å²) >= 11 is 0. The molecule has 1 aromatic carbocycles. The lowest BCUT2D eigenvalue weighted by Gasteiger charge is -2.56. The van der Waals surface area contributed by atoms with Gasteiger partial charge in [0.05, 0.1) is 17.9 Å². The molecule has 4 bridgehead atoms. The average molecular weight is 492 g/mol. The van der Waals surface area contributed by atoms with Gasteiger partial charge in [0, 0.05) is 26.8 Å². The van der Waals surface area contributed by atoms with Crippen LogP contribution in [0.25, 0.3) is 28.2 Å². The van der Waals surface area contributed by atoms with Gasteiger partial charge < -0.3 is 9.30 Å². The first-order chi connectivity index (χ1) is 17.3. The summed E-state index contributed by atoms with van der Waals surface area (Å²) in [4.78, 5) is 30.3. The van der Waals surface area contributed by atoms with E-state index in [1.165, 1.54) is 43.0 Å². The van der Waals surface area contributed by atoms with Gasteiger partial charge in [-0.2, -0.15) is 4.98 Å². The zero-order valence-corrected chi connectivity index (χ0v) is 20.6. The van der Waals surface area contributed by atoms with Crippen molar-refractivity contribution >= 4 is 16.9 Å². The van der Waals surface area contributed by atoms with E-state index >= 15 is 0 Å². The topological polar surface area (TPSA) is 75.5 Å². The van der Waals surface area contributed by atoms with Gasteiger partial charge in [-0.05, 0) is 86.1 Å². The fourth-order valence-corrected chi connectivity index (χ4v) is 7.65. The minimum absolute atomic E-state index is 0.00575. The van der Waals surface area contributed by atoms with E-state index in [9.17, 15) is 14.0 Å². The number of halogens is 1. The molecular weight excluding hydrogens is 461 g/mol. The van der Waals surface area contributed by atoms with Gasteiger partial charge in [-0.3, -0.25) is 18.3 Å². The molecule has 0 unspecified atom stereocenters. The molecule has 0 amide bonds. The Labute approximate surface area is 206 Å². The van der Waals surface area contributed by atoms with Crippen LogP contribution in [-0.2, 0) is 25.4 Å². The molecule has 0 N–H and O–H groups in total. The maximum absolute atomic E-state index is 13.7. The van der Waals surface area contributed by atoms with Crippen LogP contribution in [0.5, 0.6) is 0 Å². The summed E-state index contributed by atoms with van der Waals surface area (Å²) in [7, 11) is 3.10. The standard InChI is InChI=1S/C27H30FN5O3/c1-30-23-22(24(34)31(2)26(30)35)33-15-21(19-3-5-20(28)6-4-19)32(25(33)29-23)7-8-36-27-12-16-9-17(13-27)11-18(10-16)14-27/h3-6,15-18H,7-14H2,1-2H3. The minimum Gasteiger partial charge on any atom is -0.373 e. The molecule has 3 aromatic heterocycles. The van der Waals surface area contributed by atoms with Gasteiger partial charge in [0.15, 0.2) is 11.2 Å². The molecule has 3 heterocycles. The predicted molar refractivity (Wildman–Crippen MR) is 133 cm³/mol. The van der Waals surface area contributed by atoms with Crippen LogP contribution in [0, 0.1) is 23.6 Å². The van der Waals surface area contributed by atoms with Crippen LogP contribution in [-0.4, -0.2) is 35.3 Å². The largest absolute Gasteiger partial charge is 0.373 e. The first kappa shape index (κ1) is 22.0. The zero-order valence-electron chi connectivity index (χ0n) is 20.6. The Hall–Kier alpha value is -3.20. The number of hydrogen-bond donors (Lipinski definition) is 0. The number of benzene rings is 1. The first-order valence-electron chi connectivity index (χ1n) is 12.9. The molecule has 4 fully saturated rings. The highest BCUT2D eigenvalue weighted by Gasteiger charge is 2.51. The highest BCUT2D eigenvalue weighted by atomic mass is 19.1. The second-order valence-electron chi connectivity index (χ2n) is 11.3. The average Bonchev–Trinajstić information content (AvgIpc) is 3.38. The van der Waals surface area contributed by atoms with Crippen LogP contribution < -0.4 is 11.2 Å². The van der Waals surface area contributed by atoms with Crippen LogP contribution in [0.1, 0.15) is 38.5 Å². The van der Waals surface area contributed by atoms with Gasteiger partial charge in [-0.25, -0.2) is 9.18 Å². The molecule has 4 aliphatic rings. The third-order valence-electron chi connectivity index (χ3n) is 8.90. The molecule has 4 saturated carbocycles. The van der Waals surface area contributed by atoms with Crippen LogP contribution in [0.2, 0.25) is 0 Å². The van der Waals surface area contributed by atoms with Crippen molar-refractivity contribution in [1.82, 2.24) is 23.1 Å². The lowest BCUT2D eigenvalue weighted by molar-refractivity contribution is -0.163. The summed E-state index contributed by atoms with van der Waals surface area (Å²) < 4.78 is 26.6. The minimum atomic E-state index is -0.413. The van der Waals surface area contributed by atoms with E-state index in [1.807, 2.05) is 10.8 Å². The number of aromatic nitrogens is 5. The number of aryl methyl sites for hydroxylation is 1. The molecule has 8 rings (SSSR count). The molecule has 0 aliphatic heterocycles. The maximum Gasteiger partial charge on any atom is 0.332 e. The number of rotatable bonds is 5. The molecule has 8 nitrogen and oxygen atoms in total. The van der Waals surface area contributed by atoms with Gasteiger partial charge in [0.25, 0.3) is 5.56 Å². The second kappa shape index (κ2) is 7.65. The Morgan fingerprint density at radius 1 is 1.00 bits per heavy atom. The Morgan fingerprint density at radius 2 is 1.64 bits per heavy atom. The van der Waals surface area contributed by atoms with Crippen molar-refractivity contribution in [2.45, 2.75) is 50.7 Å². The first-order valence-corrected chi connectivity index (χ1v) is 12.9. The quantitative estimate of drug-likeness (QED) is 0.428. The summed E-state index contributed by atoms with van der Waals surface area (Å²) in [5, 5.41) is 0. The summed E-state index contributed by atoms with van der Waals surface area (Å²) in [5.41, 5.74) is 1.53. The van der Waals surface area contributed by atoms with Gasteiger partial charge in [-0.1, -0.05) is 0 Å². The SMILES string of the molecule is Cn1c(=O)c2c(nc3n(CCOC45CC6CC(CC(C6)C4)C5)c(-c4ccc(F)cc4)cn23)n(C)c1=O. The van der Waals surface area contributed by atoms with E-state index in [0.717, 1.165) is 52.8 Å². The molecular formula is C27H30FN5O3. The molecule has 188 valence electrons. The third-order valence-corrected chi connectivity index (χ3v) is 8.90. The van der Waals surface area contributed by atoms with E-state index in [-0.39, 0.29) is 11.4 Å². The van der Waals surface area contributed by atoms with Gasteiger partial charge in [0.1, 0.15) is 5.82 Å². The number of fused-ring (bicyclic) bond motifs is 3. The number of hydrogen-bond acceptors (Lipinski definition) is 4. The summed E-state index contributed by atoms with van der Waals surface area (Å²) in [6.07, 6.45) is 9.44. The van der Waals surface area contributed by atoms with E-state index in [2.05, 4.69) is 0 Å². The summed E-state index contributed by atoms with van der Waals surface area (Å²) in [6.45, 7) is 1.08. The van der Waals surface area contributed by atoms with Gasteiger partial charge >= 0.3 is 5.69 Å². The second-order valence-corrected chi connectivity index (χ2v) is 11.3. The third kappa shape index (κ3) is 3.18. The van der Waals surface area contributed by atoms with Gasteiger partial charge in [-0.15, -0.1) is 0 Å². The van der Waals surface area contributed by atoms with Crippen molar-refractivity contribution in [3.05, 3.63) is 57.1 Å². The molecule has 4 aliphatic carbocycles.